The van der Waals surface area contributed by atoms with Crippen molar-refractivity contribution in [1.82, 2.24) is 15.0 Å². The van der Waals surface area contributed by atoms with Crippen molar-refractivity contribution in [2.45, 2.75) is 29.4 Å². The van der Waals surface area contributed by atoms with E-state index in [0.717, 1.165) is 12.1 Å². The number of methoxy groups -OCH3 is 2. The molecule has 0 aliphatic carbocycles. The Balaban J connectivity index is 1.15. The lowest BCUT2D eigenvalue weighted by molar-refractivity contribution is 0.416. The van der Waals surface area contributed by atoms with E-state index < -0.39 is 129 Å². The van der Waals surface area contributed by atoms with Gasteiger partial charge in [-0.2, -0.15) is 85.9 Å². The summed E-state index contributed by atoms with van der Waals surface area (Å²) in [5.41, 5.74) is -0.559. The normalized spacial score (nSPS) is 13.0. The molecule has 36 heteroatoms. The van der Waals surface area contributed by atoms with E-state index in [0.29, 0.717) is 36.4 Å². The third-order valence-corrected chi connectivity index (χ3v) is 14.9. The van der Waals surface area contributed by atoms with Gasteiger partial charge in [-0.1, -0.05) is 0 Å². The van der Waals surface area contributed by atoms with Crippen LogP contribution in [-0.4, -0.2) is 112 Å². The molecule has 0 spiro atoms. The molecule has 9 N–H and O–H groups in total. The Labute approximate surface area is 410 Å². The van der Waals surface area contributed by atoms with Gasteiger partial charge in [0, 0.05) is 33.7 Å². The number of nitrogens with zero attached hydrogens (tertiary/aromatic N) is 7. The molecule has 73 heavy (non-hydrogen) atoms. The Hall–Kier alpha value is -7.49. The molecule has 384 valence electrons. The van der Waals surface area contributed by atoms with Crippen LogP contribution in [0.25, 0.3) is 21.5 Å². The van der Waals surface area contributed by atoms with Gasteiger partial charge >= 0.3 is 6.01 Å². The summed E-state index contributed by atoms with van der Waals surface area (Å²) in [4.78, 5) is 5.19. The number of hydrogen-bond donors (Lipinski definition) is 9. The maximum atomic E-state index is 12.4. The van der Waals surface area contributed by atoms with Crippen molar-refractivity contribution in [2.24, 2.45) is 20.5 Å². The molecule has 0 aliphatic rings. The number of ether oxygens (including phenoxy) is 2. The van der Waals surface area contributed by atoms with Crippen molar-refractivity contribution in [1.29, 1.82) is 0 Å². The highest BCUT2D eigenvalue weighted by Crippen LogP contribution is 2.40. The van der Waals surface area contributed by atoms with Crippen LogP contribution in [0, 0.1) is 0 Å². The Morgan fingerprint density at radius 1 is 0.397 bits per heavy atom. The molecule has 0 atom stereocenters. The first-order chi connectivity index (χ1) is 33.7. The summed E-state index contributed by atoms with van der Waals surface area (Å²) < 4.78 is 215. The Morgan fingerprint density at radius 2 is 0.712 bits per heavy atom. The molecule has 0 unspecified atom stereocenters. The number of nitrogens with one attached hydrogen (secondary N) is 2. The van der Waals surface area contributed by atoms with Crippen molar-refractivity contribution in [2.75, 3.05) is 24.9 Å². The first-order valence-electron chi connectivity index (χ1n) is 19.0. The number of aromatic hydroxyl groups is 1. The number of anilines is 4. The van der Waals surface area contributed by atoms with Gasteiger partial charge in [0.2, 0.25) is 11.9 Å². The molecule has 7 aromatic rings. The molecule has 0 aliphatic heterocycles. The number of benzene rings is 6. The number of fused-ring (bicyclic) bond motifs is 2. The lowest BCUT2D eigenvalue weighted by Crippen LogP contribution is -2.07. The van der Waals surface area contributed by atoms with E-state index in [1.165, 1.54) is 50.6 Å². The van der Waals surface area contributed by atoms with Crippen LogP contribution < -0.4 is 20.1 Å². The summed E-state index contributed by atoms with van der Waals surface area (Å²) in [7, 11) is -28.9. The van der Waals surface area contributed by atoms with Crippen molar-refractivity contribution in [3.8, 4) is 17.5 Å². The van der Waals surface area contributed by atoms with Gasteiger partial charge in [0.1, 0.15) is 31.1 Å². The highest BCUT2D eigenvalue weighted by Gasteiger charge is 2.28. The highest BCUT2D eigenvalue weighted by atomic mass is 32.2. The van der Waals surface area contributed by atoms with Gasteiger partial charge < -0.3 is 25.2 Å². The second-order valence-electron chi connectivity index (χ2n) is 14.5. The van der Waals surface area contributed by atoms with E-state index in [2.05, 4.69) is 46.0 Å². The standard InChI is InChI=1S/C37H29N9O21S6/c1-66-29-9-17(43-45-19-7-23-25(31(11-19)70(54,55)56)13-21(68(48,49)50)15-33(23)72(60,61)62)3-5-27(29)38-35-40-36(42-37(47)41-35)39-28-6-4-18(10-30(28)67-2)44-46-20-8-24-26(32(12-20)71(57,58)59)14-22(69(51,52)53)16-34(24)73(63,64)65/h3-16H,1-2H3,(H,48,49,50)(H,51,52,53)(H,54,55,56)(H,57,58,59)(H,60,61,62)(H,63,64,65)(H3,38,39,40,41,42,47). The largest absolute Gasteiger partial charge is 0.494 e. The van der Waals surface area contributed by atoms with Gasteiger partial charge in [-0.15, -0.1) is 0 Å². The number of rotatable bonds is 16. The minimum absolute atomic E-state index is 0.00632. The van der Waals surface area contributed by atoms with Gasteiger partial charge in [-0.3, -0.25) is 27.3 Å². The van der Waals surface area contributed by atoms with Crippen LogP contribution in [0.15, 0.2) is 135 Å². The Bertz CT molecular complexity index is 3990. The fourth-order valence-electron chi connectivity index (χ4n) is 6.62. The van der Waals surface area contributed by atoms with Crippen LogP contribution >= 0.6 is 0 Å². The van der Waals surface area contributed by atoms with Gasteiger partial charge in [0.15, 0.2) is 0 Å². The summed E-state index contributed by atoms with van der Waals surface area (Å²) in [6.45, 7) is 0. The second-order valence-corrected chi connectivity index (χ2v) is 22.9. The zero-order valence-corrected chi connectivity index (χ0v) is 40.9. The minimum Gasteiger partial charge on any atom is -0.494 e. The van der Waals surface area contributed by atoms with Crippen LogP contribution in [0.2, 0.25) is 0 Å². The molecule has 0 amide bonds. The number of hydrogen-bond acceptors (Lipinski definition) is 24. The van der Waals surface area contributed by atoms with Crippen LogP contribution in [0.3, 0.4) is 0 Å². The van der Waals surface area contributed by atoms with E-state index in [1.807, 2.05) is 0 Å². The van der Waals surface area contributed by atoms with E-state index >= 15 is 0 Å². The molecule has 6 aromatic carbocycles. The maximum Gasteiger partial charge on any atom is 0.320 e. The van der Waals surface area contributed by atoms with Gasteiger partial charge in [0.25, 0.3) is 60.7 Å². The summed E-state index contributed by atoms with van der Waals surface area (Å²) in [6.07, 6.45) is 0. The van der Waals surface area contributed by atoms with E-state index in [4.69, 9.17) is 9.47 Å². The zero-order valence-electron chi connectivity index (χ0n) is 36.0. The van der Waals surface area contributed by atoms with Crippen LogP contribution in [0.1, 0.15) is 0 Å². The molecular formula is C37H29N9O21S6. The molecule has 30 nitrogen and oxygen atoms in total. The minimum atomic E-state index is -5.30. The summed E-state index contributed by atoms with van der Waals surface area (Å²) >= 11 is 0. The lowest BCUT2D eigenvalue weighted by Gasteiger charge is -2.13. The van der Waals surface area contributed by atoms with Gasteiger partial charge in [0.05, 0.1) is 58.1 Å². The van der Waals surface area contributed by atoms with Crippen molar-refractivity contribution in [3.63, 3.8) is 0 Å². The molecule has 0 bridgehead atoms. The monoisotopic (exact) mass is 1130 g/mol. The van der Waals surface area contributed by atoms with E-state index in [9.17, 15) is 82.9 Å². The topological polar surface area (TPSA) is 477 Å². The Morgan fingerprint density at radius 3 is 1.03 bits per heavy atom. The van der Waals surface area contributed by atoms with Gasteiger partial charge in [-0.05, 0) is 72.8 Å². The SMILES string of the molecule is COc1cc(N=Nc2cc(S(=O)(=O)O)c3cc(S(=O)(=O)O)cc(S(=O)(=O)O)c3c2)ccc1Nc1nc(O)nc(Nc2ccc(N=Nc3cc(S(=O)(=O)O)c4cc(S(=O)(=O)O)cc(S(=O)(=O)O)c4c3)cc2OC)n1. The van der Waals surface area contributed by atoms with E-state index in [-0.39, 0.29) is 46.1 Å². The highest BCUT2D eigenvalue weighted by molar-refractivity contribution is 7.88. The molecule has 1 aromatic heterocycles. The van der Waals surface area contributed by atoms with Gasteiger partial charge in [-0.25, -0.2) is 0 Å². The quantitative estimate of drug-likeness (QED) is 0.0414. The molecule has 0 saturated heterocycles. The lowest BCUT2D eigenvalue weighted by atomic mass is 10.1. The first-order valence-corrected chi connectivity index (χ1v) is 27.6. The predicted octanol–water partition coefficient (Wildman–Crippen LogP) is 5.70. The molecule has 0 saturated carbocycles. The number of azo groups is 2. The Kier molecular flexibility index (Phi) is 14.0. The number of aromatic nitrogens is 3. The molecule has 0 radical (unpaired) electrons. The maximum absolute atomic E-state index is 12.4. The third kappa shape index (κ3) is 12.1. The second kappa shape index (κ2) is 19.2. The smallest absolute Gasteiger partial charge is 0.320 e. The predicted molar refractivity (Wildman–Crippen MR) is 249 cm³/mol. The van der Waals surface area contributed by atoms with E-state index in [1.54, 1.807) is 0 Å². The summed E-state index contributed by atoms with van der Waals surface area (Å²) in [6, 6.07) is 12.2. The summed E-state index contributed by atoms with van der Waals surface area (Å²) in [5.74, 6) is -0.495. The van der Waals surface area contributed by atoms with Crippen LogP contribution in [0.4, 0.5) is 46.0 Å². The fraction of sp³-hybridized carbons (Fsp3) is 0.0541. The van der Waals surface area contributed by atoms with Crippen molar-refractivity contribution >= 4 is 128 Å². The molecule has 7 rings (SSSR count). The van der Waals surface area contributed by atoms with Crippen molar-refractivity contribution in [3.05, 3.63) is 84.9 Å². The summed E-state index contributed by atoms with van der Waals surface area (Å²) in [5, 5.41) is 29.0. The van der Waals surface area contributed by atoms with Crippen LogP contribution in [0.5, 0.6) is 17.5 Å². The van der Waals surface area contributed by atoms with Crippen molar-refractivity contribution < 1.29 is 92.4 Å². The zero-order chi connectivity index (χ0) is 53.8. The van der Waals surface area contributed by atoms with Crippen LogP contribution in [-0.2, 0) is 60.7 Å². The molecular weight excluding hydrogens is 1100 g/mol. The third-order valence-electron chi connectivity index (χ3n) is 9.66. The molecule has 0 fully saturated rings. The first kappa shape index (κ1) is 53.3. The average Bonchev–Trinajstić information content (AvgIpc) is 3.27. The molecule has 1 heterocycles. The fourth-order valence-corrected chi connectivity index (χ4v) is 10.7. The average molecular weight is 1130 g/mol.